The van der Waals surface area contributed by atoms with E-state index >= 15 is 0 Å². The van der Waals surface area contributed by atoms with Crippen LogP contribution in [0.1, 0.15) is 5.56 Å². The molecule has 1 aromatic carbocycles. The number of methoxy groups -OCH3 is 1. The number of nitrogens with zero attached hydrogens (tertiary/aromatic N) is 1. The molecule has 0 N–H and O–H groups in total. The molecule has 0 aliphatic rings. The Kier molecular flexibility index (Phi) is 3.76. The van der Waals surface area contributed by atoms with Crippen LogP contribution in [0.2, 0.25) is 0 Å². The number of rotatable bonds is 4. The zero-order valence-corrected chi connectivity index (χ0v) is 8.66. The van der Waals surface area contributed by atoms with Gasteiger partial charge in [-0.15, -0.1) is 0 Å². The van der Waals surface area contributed by atoms with Crippen molar-refractivity contribution < 1.29 is 9.66 Å². The van der Waals surface area contributed by atoms with Gasteiger partial charge in [-0.05, 0) is 18.2 Å². The van der Waals surface area contributed by atoms with Crippen molar-refractivity contribution in [2.45, 2.75) is 6.42 Å². The maximum absolute atomic E-state index is 10.8. The lowest BCUT2D eigenvalue weighted by Crippen LogP contribution is -1.99. The van der Waals surface area contributed by atoms with Crippen molar-refractivity contribution in [1.82, 2.24) is 0 Å². The molecule has 0 saturated heterocycles. The Bertz CT molecular complexity index is 341. The third-order valence-corrected chi connectivity index (χ3v) is 2.09. The minimum atomic E-state index is -0.419. The molecule has 5 heteroatoms. The third-order valence-electron chi connectivity index (χ3n) is 1.87. The van der Waals surface area contributed by atoms with Crippen LogP contribution < -0.4 is 4.74 Å². The van der Waals surface area contributed by atoms with Crippen molar-refractivity contribution in [3.8, 4) is 5.75 Å². The van der Waals surface area contributed by atoms with Crippen LogP contribution in [-0.2, 0) is 6.42 Å². The van der Waals surface area contributed by atoms with E-state index in [0.29, 0.717) is 23.5 Å². The van der Waals surface area contributed by atoms with Crippen molar-refractivity contribution in [3.63, 3.8) is 0 Å². The topological polar surface area (TPSA) is 52.4 Å². The predicted molar refractivity (Wildman–Crippen MR) is 57.2 cm³/mol. The Labute approximate surface area is 87.4 Å². The van der Waals surface area contributed by atoms with Gasteiger partial charge in [-0.3, -0.25) is 10.1 Å². The summed E-state index contributed by atoms with van der Waals surface area (Å²) in [7, 11) is 1.42. The summed E-state index contributed by atoms with van der Waals surface area (Å²) in [6.07, 6.45) is 0.566. The summed E-state index contributed by atoms with van der Waals surface area (Å²) in [5.74, 6) is 0.878. The van der Waals surface area contributed by atoms with E-state index in [2.05, 4.69) is 12.6 Å². The lowest BCUT2D eigenvalue weighted by atomic mass is 10.1. The van der Waals surface area contributed by atoms with Crippen LogP contribution in [0.25, 0.3) is 0 Å². The highest BCUT2D eigenvalue weighted by Crippen LogP contribution is 2.30. The smallest absolute Gasteiger partial charge is 0.314 e. The molecule has 1 rings (SSSR count). The molecule has 0 saturated carbocycles. The third kappa shape index (κ3) is 2.17. The Morgan fingerprint density at radius 1 is 1.57 bits per heavy atom. The van der Waals surface area contributed by atoms with Gasteiger partial charge in [0.25, 0.3) is 0 Å². The summed E-state index contributed by atoms with van der Waals surface area (Å²) in [4.78, 5) is 10.4. The molecule has 1 aromatic rings. The highest BCUT2D eigenvalue weighted by atomic mass is 32.1. The molecule has 76 valence electrons. The van der Waals surface area contributed by atoms with Gasteiger partial charge in [0.2, 0.25) is 0 Å². The lowest BCUT2D eigenvalue weighted by Gasteiger charge is -2.05. The van der Waals surface area contributed by atoms with Gasteiger partial charge in [-0.25, -0.2) is 0 Å². The summed E-state index contributed by atoms with van der Waals surface area (Å²) in [5, 5.41) is 10.8. The highest BCUT2D eigenvalue weighted by molar-refractivity contribution is 7.80. The van der Waals surface area contributed by atoms with E-state index in [0.717, 1.165) is 0 Å². The number of hydrogen-bond acceptors (Lipinski definition) is 4. The zero-order valence-electron chi connectivity index (χ0n) is 7.77. The predicted octanol–water partition coefficient (Wildman–Crippen LogP) is 2.08. The van der Waals surface area contributed by atoms with E-state index in [1.54, 1.807) is 18.2 Å². The molecule has 0 bridgehead atoms. The van der Waals surface area contributed by atoms with E-state index in [1.807, 2.05) is 0 Å². The van der Waals surface area contributed by atoms with Crippen molar-refractivity contribution in [1.29, 1.82) is 0 Å². The molecule has 0 aromatic heterocycles. The number of nitro benzene ring substituents is 1. The van der Waals surface area contributed by atoms with Crippen LogP contribution in [0.15, 0.2) is 18.2 Å². The van der Waals surface area contributed by atoms with Crippen LogP contribution >= 0.6 is 12.6 Å². The van der Waals surface area contributed by atoms with Crippen molar-refractivity contribution in [2.75, 3.05) is 12.9 Å². The van der Waals surface area contributed by atoms with Gasteiger partial charge >= 0.3 is 5.69 Å². The lowest BCUT2D eigenvalue weighted by molar-refractivity contribution is -0.386. The number of ether oxygens (including phenoxy) is 1. The first kappa shape index (κ1) is 10.8. The Balaban J connectivity index is 3.20. The molecule has 0 atom stereocenters. The summed E-state index contributed by atoms with van der Waals surface area (Å²) in [6, 6.07) is 5.04. The Hall–Kier alpha value is -1.23. The van der Waals surface area contributed by atoms with Crippen LogP contribution in [0.5, 0.6) is 5.75 Å². The standard InChI is InChI=1S/C9H11NO3S/c1-13-8-4-2-3-7(5-6-14)9(8)10(11)12/h2-4,14H,5-6H2,1H3. The van der Waals surface area contributed by atoms with Gasteiger partial charge in [0.05, 0.1) is 12.0 Å². The number of hydrogen-bond donors (Lipinski definition) is 1. The minimum Gasteiger partial charge on any atom is -0.490 e. The number of nitro groups is 1. The molecule has 14 heavy (non-hydrogen) atoms. The molecule has 0 spiro atoms. The molecule has 0 fully saturated rings. The van der Waals surface area contributed by atoms with Crippen LogP contribution in [0.3, 0.4) is 0 Å². The van der Waals surface area contributed by atoms with E-state index in [1.165, 1.54) is 7.11 Å². The molecular formula is C9H11NO3S. The monoisotopic (exact) mass is 213 g/mol. The number of aryl methyl sites for hydroxylation is 1. The number of benzene rings is 1. The fourth-order valence-corrected chi connectivity index (χ4v) is 1.50. The SMILES string of the molecule is COc1cccc(CCS)c1[N+](=O)[O-]. The summed E-state index contributed by atoms with van der Waals surface area (Å²) < 4.78 is 4.93. The van der Waals surface area contributed by atoms with Crippen molar-refractivity contribution in [2.24, 2.45) is 0 Å². The second-order valence-electron chi connectivity index (χ2n) is 2.70. The molecule has 0 radical (unpaired) electrons. The number of para-hydroxylation sites is 1. The molecule has 0 aliphatic carbocycles. The van der Waals surface area contributed by atoms with Crippen LogP contribution in [-0.4, -0.2) is 17.8 Å². The zero-order chi connectivity index (χ0) is 10.6. The summed E-state index contributed by atoms with van der Waals surface area (Å²) >= 11 is 4.05. The van der Waals surface area contributed by atoms with E-state index in [-0.39, 0.29) is 5.69 Å². The minimum absolute atomic E-state index is 0.0454. The molecular weight excluding hydrogens is 202 g/mol. The van der Waals surface area contributed by atoms with Crippen LogP contribution in [0.4, 0.5) is 5.69 Å². The van der Waals surface area contributed by atoms with Crippen LogP contribution in [0, 0.1) is 10.1 Å². The van der Waals surface area contributed by atoms with E-state index in [9.17, 15) is 10.1 Å². The van der Waals surface area contributed by atoms with Gasteiger partial charge in [0.15, 0.2) is 5.75 Å². The van der Waals surface area contributed by atoms with E-state index in [4.69, 9.17) is 4.74 Å². The average Bonchev–Trinajstić information content (AvgIpc) is 2.17. The second kappa shape index (κ2) is 4.85. The van der Waals surface area contributed by atoms with Crippen molar-refractivity contribution >= 4 is 18.3 Å². The molecule has 0 aliphatic heterocycles. The maximum atomic E-state index is 10.8. The Morgan fingerprint density at radius 2 is 2.29 bits per heavy atom. The van der Waals surface area contributed by atoms with Crippen molar-refractivity contribution in [3.05, 3.63) is 33.9 Å². The van der Waals surface area contributed by atoms with Gasteiger partial charge in [-0.2, -0.15) is 12.6 Å². The molecule has 0 heterocycles. The first-order valence-corrected chi connectivity index (χ1v) is 4.75. The van der Waals surface area contributed by atoms with Gasteiger partial charge in [0.1, 0.15) is 0 Å². The highest BCUT2D eigenvalue weighted by Gasteiger charge is 2.19. The summed E-state index contributed by atoms with van der Waals surface area (Å²) in [6.45, 7) is 0. The van der Waals surface area contributed by atoms with Gasteiger partial charge in [0, 0.05) is 5.56 Å². The average molecular weight is 213 g/mol. The molecule has 0 unspecified atom stereocenters. The largest absolute Gasteiger partial charge is 0.490 e. The molecule has 0 amide bonds. The Morgan fingerprint density at radius 3 is 2.79 bits per heavy atom. The summed E-state index contributed by atoms with van der Waals surface area (Å²) in [5.41, 5.74) is 0.702. The first-order valence-electron chi connectivity index (χ1n) is 4.11. The first-order chi connectivity index (χ1) is 6.70. The fraction of sp³-hybridized carbons (Fsp3) is 0.333. The van der Waals surface area contributed by atoms with Gasteiger partial charge < -0.3 is 4.74 Å². The fourth-order valence-electron chi connectivity index (χ4n) is 1.26. The van der Waals surface area contributed by atoms with E-state index < -0.39 is 4.92 Å². The quantitative estimate of drug-likeness (QED) is 0.473. The second-order valence-corrected chi connectivity index (χ2v) is 3.15. The molecule has 4 nitrogen and oxygen atoms in total. The number of thiol groups is 1. The van der Waals surface area contributed by atoms with Gasteiger partial charge in [-0.1, -0.05) is 12.1 Å². The normalized spacial score (nSPS) is 9.86. The maximum Gasteiger partial charge on any atom is 0.314 e.